The highest BCUT2D eigenvalue weighted by atomic mass is 79.9. The maximum atomic E-state index is 12.0. The molecule has 114 valence electrons. The number of hydrogen-bond acceptors (Lipinski definition) is 3. The lowest BCUT2D eigenvalue weighted by atomic mass is 10.3. The summed E-state index contributed by atoms with van der Waals surface area (Å²) in [6.45, 7) is 4.22. The summed E-state index contributed by atoms with van der Waals surface area (Å²) in [6.07, 6.45) is 1.67. The molecule has 22 heavy (non-hydrogen) atoms. The first kappa shape index (κ1) is 16.1. The zero-order chi connectivity index (χ0) is 15.8. The summed E-state index contributed by atoms with van der Waals surface area (Å²) >= 11 is 3.39. The molecule has 0 radical (unpaired) electrons. The smallest absolute Gasteiger partial charge is 0.243 e. The lowest BCUT2D eigenvalue weighted by Gasteiger charge is -2.09. The highest BCUT2D eigenvalue weighted by Crippen LogP contribution is 2.18. The van der Waals surface area contributed by atoms with Crippen molar-refractivity contribution in [2.45, 2.75) is 0 Å². The van der Waals surface area contributed by atoms with Crippen molar-refractivity contribution in [3.8, 4) is 5.75 Å². The van der Waals surface area contributed by atoms with E-state index in [1.165, 1.54) is 0 Å². The van der Waals surface area contributed by atoms with E-state index < -0.39 is 0 Å². The summed E-state index contributed by atoms with van der Waals surface area (Å²) in [4.78, 5) is 12.0. The Morgan fingerprint density at radius 3 is 2.73 bits per heavy atom. The third-order valence-electron chi connectivity index (χ3n) is 2.76. The van der Waals surface area contributed by atoms with Crippen molar-refractivity contribution in [1.29, 1.82) is 0 Å². The van der Waals surface area contributed by atoms with Crippen molar-refractivity contribution in [2.75, 3.05) is 23.8 Å². The Balaban J connectivity index is 1.87. The van der Waals surface area contributed by atoms with Crippen molar-refractivity contribution >= 4 is 33.2 Å². The van der Waals surface area contributed by atoms with E-state index in [1.54, 1.807) is 12.1 Å². The zero-order valence-corrected chi connectivity index (χ0v) is 13.6. The number of nitrogens with one attached hydrogen (secondary N) is 2. The van der Waals surface area contributed by atoms with Gasteiger partial charge in [0.15, 0.2) is 0 Å². The van der Waals surface area contributed by atoms with Crippen LogP contribution in [0, 0.1) is 0 Å². The van der Waals surface area contributed by atoms with Gasteiger partial charge in [-0.05, 0) is 30.3 Å². The number of carbonyl (C=O) groups excluding carboxylic acids is 1. The molecule has 0 unspecified atom stereocenters. The van der Waals surface area contributed by atoms with Crippen molar-refractivity contribution in [3.05, 3.63) is 65.7 Å². The second kappa shape index (κ2) is 8.24. The first-order chi connectivity index (χ1) is 10.7. The van der Waals surface area contributed by atoms with Crippen LogP contribution in [0.5, 0.6) is 5.75 Å². The lowest BCUT2D eigenvalue weighted by molar-refractivity contribution is -0.114. The van der Waals surface area contributed by atoms with Gasteiger partial charge < -0.3 is 15.4 Å². The maximum Gasteiger partial charge on any atom is 0.243 e. The van der Waals surface area contributed by atoms with E-state index in [0.717, 1.165) is 10.2 Å². The monoisotopic (exact) mass is 360 g/mol. The molecule has 0 aliphatic rings. The largest absolute Gasteiger partial charge is 0.489 e. The number of benzene rings is 2. The van der Waals surface area contributed by atoms with Gasteiger partial charge in [0.25, 0.3) is 0 Å². The van der Waals surface area contributed by atoms with Crippen molar-refractivity contribution in [3.63, 3.8) is 0 Å². The molecule has 1 amide bonds. The van der Waals surface area contributed by atoms with E-state index in [9.17, 15) is 4.79 Å². The number of ether oxygens (including phenoxy) is 1. The van der Waals surface area contributed by atoms with Gasteiger partial charge in [-0.15, -0.1) is 0 Å². The van der Waals surface area contributed by atoms with Gasteiger partial charge in [-0.1, -0.05) is 40.7 Å². The Morgan fingerprint density at radius 1 is 1.18 bits per heavy atom. The van der Waals surface area contributed by atoms with Gasteiger partial charge in [-0.3, -0.25) is 4.79 Å². The number of halogens is 1. The van der Waals surface area contributed by atoms with E-state index in [4.69, 9.17) is 4.74 Å². The van der Waals surface area contributed by atoms with Crippen molar-refractivity contribution in [1.82, 2.24) is 0 Å². The lowest BCUT2D eigenvalue weighted by Crippen LogP contribution is -2.21. The minimum Gasteiger partial charge on any atom is -0.489 e. The predicted molar refractivity (Wildman–Crippen MR) is 93.4 cm³/mol. The summed E-state index contributed by atoms with van der Waals surface area (Å²) in [6, 6.07) is 14.9. The van der Waals surface area contributed by atoms with Gasteiger partial charge in [0, 0.05) is 21.9 Å². The van der Waals surface area contributed by atoms with E-state index in [-0.39, 0.29) is 12.5 Å². The molecule has 0 atom stereocenters. The Labute approximate surface area is 138 Å². The Hall–Kier alpha value is -2.27. The Bertz CT molecular complexity index is 659. The zero-order valence-electron chi connectivity index (χ0n) is 12.0. The first-order valence-corrected chi connectivity index (χ1v) is 7.60. The molecule has 0 aromatic heterocycles. The van der Waals surface area contributed by atoms with Crippen LogP contribution in [0.15, 0.2) is 65.7 Å². The van der Waals surface area contributed by atoms with Gasteiger partial charge >= 0.3 is 0 Å². The van der Waals surface area contributed by atoms with Gasteiger partial charge in [-0.2, -0.15) is 0 Å². The molecule has 0 saturated heterocycles. The van der Waals surface area contributed by atoms with Crippen LogP contribution in [-0.4, -0.2) is 19.1 Å². The number of amides is 1. The predicted octanol–water partition coefficient (Wildman–Crippen LogP) is 4.06. The van der Waals surface area contributed by atoms with Crippen LogP contribution < -0.4 is 15.4 Å². The molecule has 0 fully saturated rings. The van der Waals surface area contributed by atoms with Gasteiger partial charge in [-0.25, -0.2) is 0 Å². The van der Waals surface area contributed by atoms with Crippen LogP contribution in [0.1, 0.15) is 0 Å². The molecule has 2 N–H and O–H groups in total. The summed E-state index contributed by atoms with van der Waals surface area (Å²) < 4.78 is 6.39. The molecule has 4 nitrogen and oxygen atoms in total. The number of rotatable bonds is 7. The third kappa shape index (κ3) is 5.26. The summed E-state index contributed by atoms with van der Waals surface area (Å²) in [5, 5.41) is 5.89. The molecule has 2 aromatic rings. The summed E-state index contributed by atoms with van der Waals surface area (Å²) in [5.74, 6) is 0.568. The molecule has 0 saturated carbocycles. The van der Waals surface area contributed by atoms with E-state index in [1.807, 2.05) is 42.5 Å². The van der Waals surface area contributed by atoms with Crippen molar-refractivity contribution in [2.24, 2.45) is 0 Å². The standard InChI is InChI=1S/C17H17BrN2O2/c1-2-9-22-16-8-4-7-15(11-16)20-17(21)12-19-14-6-3-5-13(18)10-14/h2-8,10-11,19H,1,9,12H2,(H,20,21). The topological polar surface area (TPSA) is 50.4 Å². The SMILES string of the molecule is C=CCOc1cccc(NC(=O)CNc2cccc(Br)c2)c1. The fourth-order valence-corrected chi connectivity index (χ4v) is 2.20. The molecule has 0 aliphatic heterocycles. The molecule has 0 aliphatic carbocycles. The highest BCUT2D eigenvalue weighted by molar-refractivity contribution is 9.10. The molecule has 2 aromatic carbocycles. The Kier molecular flexibility index (Phi) is 6.03. The normalized spacial score (nSPS) is 9.86. The van der Waals surface area contributed by atoms with E-state index in [2.05, 4.69) is 33.1 Å². The second-order valence-corrected chi connectivity index (χ2v) is 5.46. The van der Waals surface area contributed by atoms with Gasteiger partial charge in [0.2, 0.25) is 5.91 Å². The number of hydrogen-bond donors (Lipinski definition) is 2. The highest BCUT2D eigenvalue weighted by Gasteiger charge is 2.03. The minimum atomic E-state index is -0.124. The number of carbonyl (C=O) groups is 1. The van der Waals surface area contributed by atoms with Crippen LogP contribution >= 0.6 is 15.9 Å². The van der Waals surface area contributed by atoms with Crippen LogP contribution in [0.3, 0.4) is 0 Å². The molecule has 0 spiro atoms. The van der Waals surface area contributed by atoms with Crippen LogP contribution in [0.4, 0.5) is 11.4 Å². The van der Waals surface area contributed by atoms with Crippen LogP contribution in [0.2, 0.25) is 0 Å². The third-order valence-corrected chi connectivity index (χ3v) is 3.26. The Morgan fingerprint density at radius 2 is 1.95 bits per heavy atom. The molecule has 5 heteroatoms. The minimum absolute atomic E-state index is 0.124. The second-order valence-electron chi connectivity index (χ2n) is 4.54. The maximum absolute atomic E-state index is 12.0. The van der Waals surface area contributed by atoms with E-state index in [0.29, 0.717) is 18.0 Å². The van der Waals surface area contributed by atoms with Crippen molar-refractivity contribution < 1.29 is 9.53 Å². The van der Waals surface area contributed by atoms with E-state index >= 15 is 0 Å². The van der Waals surface area contributed by atoms with Crippen LogP contribution in [0.25, 0.3) is 0 Å². The van der Waals surface area contributed by atoms with Gasteiger partial charge in [0.1, 0.15) is 12.4 Å². The van der Waals surface area contributed by atoms with Gasteiger partial charge in [0.05, 0.1) is 6.54 Å². The first-order valence-electron chi connectivity index (χ1n) is 6.80. The summed E-state index contributed by atoms with van der Waals surface area (Å²) in [5.41, 5.74) is 1.58. The molecular weight excluding hydrogens is 344 g/mol. The fourth-order valence-electron chi connectivity index (χ4n) is 1.80. The summed E-state index contributed by atoms with van der Waals surface area (Å²) in [7, 11) is 0. The molecule has 2 rings (SSSR count). The molecular formula is C17H17BrN2O2. The van der Waals surface area contributed by atoms with Crippen LogP contribution in [-0.2, 0) is 4.79 Å². The molecule has 0 bridgehead atoms. The molecule has 0 heterocycles. The fraction of sp³-hybridized carbons (Fsp3) is 0.118. The quantitative estimate of drug-likeness (QED) is 0.731. The average Bonchev–Trinajstić information content (AvgIpc) is 2.51. The average molecular weight is 361 g/mol. The number of anilines is 2.